The van der Waals surface area contributed by atoms with Crippen molar-refractivity contribution in [1.82, 2.24) is 10.2 Å². The SMILES string of the molecule is CC(C)(C)COCC(C)(C)CNc1cccc2c1C(=O)N(C1CCC(=O)NC1=O)C2=O. The number of nitrogens with one attached hydrogen (secondary N) is 2. The van der Waals surface area contributed by atoms with Crippen LogP contribution in [0.4, 0.5) is 5.69 Å². The largest absolute Gasteiger partial charge is 0.384 e. The van der Waals surface area contributed by atoms with Crippen molar-refractivity contribution >= 4 is 29.3 Å². The molecule has 1 aromatic carbocycles. The summed E-state index contributed by atoms with van der Waals surface area (Å²) in [5.41, 5.74) is 0.957. The van der Waals surface area contributed by atoms with E-state index in [0.29, 0.717) is 25.4 Å². The molecule has 3 rings (SSSR count). The number of ether oxygens (including phenoxy) is 1. The third-order valence-corrected chi connectivity index (χ3v) is 5.25. The number of carbonyl (C=O) groups excluding carboxylic acids is 4. The molecule has 1 atom stereocenters. The van der Waals surface area contributed by atoms with Crippen LogP contribution in [0.15, 0.2) is 18.2 Å². The van der Waals surface area contributed by atoms with Crippen LogP contribution in [0.5, 0.6) is 0 Å². The summed E-state index contributed by atoms with van der Waals surface area (Å²) in [4.78, 5) is 50.7. The number of fused-ring (bicyclic) bond motifs is 1. The summed E-state index contributed by atoms with van der Waals surface area (Å²) in [6, 6.07) is 4.08. The third kappa shape index (κ3) is 5.12. The summed E-state index contributed by atoms with van der Waals surface area (Å²) in [7, 11) is 0. The van der Waals surface area contributed by atoms with Gasteiger partial charge in [-0.2, -0.15) is 0 Å². The normalized spacial score (nSPS) is 19.5. The van der Waals surface area contributed by atoms with E-state index in [2.05, 4.69) is 45.3 Å². The summed E-state index contributed by atoms with van der Waals surface area (Å²) < 4.78 is 5.86. The molecule has 168 valence electrons. The van der Waals surface area contributed by atoms with Crippen molar-refractivity contribution in [3.63, 3.8) is 0 Å². The van der Waals surface area contributed by atoms with Gasteiger partial charge in [0.25, 0.3) is 11.8 Å². The number of nitrogens with zero attached hydrogens (tertiary/aromatic N) is 1. The van der Waals surface area contributed by atoms with E-state index in [1.807, 2.05) is 0 Å². The fourth-order valence-electron chi connectivity index (χ4n) is 3.68. The molecule has 2 aliphatic rings. The molecule has 2 heterocycles. The predicted octanol–water partition coefficient (Wildman–Crippen LogP) is 2.59. The molecule has 0 aliphatic carbocycles. The zero-order chi connectivity index (χ0) is 23.0. The molecule has 1 aromatic rings. The molecule has 1 saturated heterocycles. The number of anilines is 1. The number of piperidine rings is 1. The van der Waals surface area contributed by atoms with Crippen LogP contribution in [-0.4, -0.2) is 54.3 Å². The Kier molecular flexibility index (Phi) is 6.23. The monoisotopic (exact) mass is 429 g/mol. The second-order valence-corrected chi connectivity index (χ2v) is 10.2. The van der Waals surface area contributed by atoms with E-state index in [-0.39, 0.29) is 34.8 Å². The van der Waals surface area contributed by atoms with Crippen LogP contribution in [0, 0.1) is 10.8 Å². The molecule has 0 saturated carbocycles. The van der Waals surface area contributed by atoms with Crippen molar-refractivity contribution in [2.24, 2.45) is 10.8 Å². The molecule has 2 N–H and O–H groups in total. The Labute approximate surface area is 182 Å². The fraction of sp³-hybridized carbons (Fsp3) is 0.565. The zero-order valence-corrected chi connectivity index (χ0v) is 18.8. The quantitative estimate of drug-likeness (QED) is 0.646. The topological polar surface area (TPSA) is 105 Å². The fourth-order valence-corrected chi connectivity index (χ4v) is 3.68. The molecule has 31 heavy (non-hydrogen) atoms. The summed E-state index contributed by atoms with van der Waals surface area (Å²) in [6.45, 7) is 12.2. The molecular formula is C23H31N3O5. The molecule has 2 aliphatic heterocycles. The van der Waals surface area contributed by atoms with Gasteiger partial charge >= 0.3 is 0 Å². The van der Waals surface area contributed by atoms with Gasteiger partial charge in [-0.1, -0.05) is 40.7 Å². The summed E-state index contributed by atoms with van der Waals surface area (Å²) in [5, 5.41) is 5.50. The predicted molar refractivity (Wildman–Crippen MR) is 116 cm³/mol. The van der Waals surface area contributed by atoms with E-state index in [1.165, 1.54) is 0 Å². The van der Waals surface area contributed by atoms with Crippen molar-refractivity contribution in [2.45, 2.75) is 53.5 Å². The average molecular weight is 430 g/mol. The molecule has 0 spiro atoms. The Morgan fingerprint density at radius 1 is 1.06 bits per heavy atom. The van der Waals surface area contributed by atoms with Gasteiger partial charge in [0.15, 0.2) is 0 Å². The van der Waals surface area contributed by atoms with Crippen molar-refractivity contribution in [3.05, 3.63) is 29.3 Å². The molecule has 1 fully saturated rings. The molecule has 1 unspecified atom stereocenters. The van der Waals surface area contributed by atoms with Crippen LogP contribution < -0.4 is 10.6 Å². The van der Waals surface area contributed by atoms with Crippen LogP contribution in [0.1, 0.15) is 68.2 Å². The second-order valence-electron chi connectivity index (χ2n) is 10.2. The highest BCUT2D eigenvalue weighted by molar-refractivity contribution is 6.25. The Bertz CT molecular complexity index is 916. The van der Waals surface area contributed by atoms with Crippen molar-refractivity contribution in [2.75, 3.05) is 25.1 Å². The van der Waals surface area contributed by atoms with E-state index < -0.39 is 29.7 Å². The van der Waals surface area contributed by atoms with Crippen molar-refractivity contribution in [1.29, 1.82) is 0 Å². The highest BCUT2D eigenvalue weighted by Gasteiger charge is 2.45. The van der Waals surface area contributed by atoms with E-state index >= 15 is 0 Å². The van der Waals surface area contributed by atoms with Crippen molar-refractivity contribution in [3.8, 4) is 0 Å². The number of amides is 4. The number of carbonyl (C=O) groups is 4. The van der Waals surface area contributed by atoms with E-state index in [1.54, 1.807) is 18.2 Å². The van der Waals surface area contributed by atoms with Crippen LogP contribution in [0.3, 0.4) is 0 Å². The Morgan fingerprint density at radius 3 is 2.42 bits per heavy atom. The molecule has 0 bridgehead atoms. The standard InChI is InChI=1S/C23H31N3O5/c1-22(2,3)12-31-13-23(4,5)11-24-15-8-6-7-14-18(15)21(30)26(20(14)29)16-9-10-17(27)25-19(16)28/h6-8,16,24H,9-13H2,1-5H3,(H,25,27,28). The molecule has 0 aromatic heterocycles. The smallest absolute Gasteiger partial charge is 0.264 e. The first-order valence-corrected chi connectivity index (χ1v) is 10.6. The Balaban J connectivity index is 1.73. The number of benzene rings is 1. The number of hydrogen-bond donors (Lipinski definition) is 2. The van der Waals surface area contributed by atoms with Gasteiger partial charge in [0.05, 0.1) is 24.3 Å². The van der Waals surface area contributed by atoms with E-state index in [9.17, 15) is 19.2 Å². The van der Waals surface area contributed by atoms with E-state index in [0.717, 1.165) is 4.90 Å². The number of rotatable bonds is 7. The lowest BCUT2D eigenvalue weighted by Gasteiger charge is -2.28. The maximum absolute atomic E-state index is 13.1. The summed E-state index contributed by atoms with van der Waals surface area (Å²) in [5.74, 6) is -2.03. The average Bonchev–Trinajstić information content (AvgIpc) is 2.91. The van der Waals surface area contributed by atoms with Crippen LogP contribution in [-0.2, 0) is 14.3 Å². The summed E-state index contributed by atoms with van der Waals surface area (Å²) >= 11 is 0. The zero-order valence-electron chi connectivity index (χ0n) is 18.8. The van der Waals surface area contributed by atoms with Gasteiger partial charge in [0.2, 0.25) is 11.8 Å². The van der Waals surface area contributed by atoms with Crippen LogP contribution in [0.25, 0.3) is 0 Å². The lowest BCUT2D eigenvalue weighted by molar-refractivity contribution is -0.136. The minimum absolute atomic E-state index is 0.0794. The van der Waals surface area contributed by atoms with Crippen LogP contribution in [0.2, 0.25) is 0 Å². The van der Waals surface area contributed by atoms with Gasteiger partial charge in [-0.3, -0.25) is 29.4 Å². The molecule has 0 radical (unpaired) electrons. The first kappa shape index (κ1) is 22.9. The van der Waals surface area contributed by atoms with Gasteiger partial charge < -0.3 is 10.1 Å². The lowest BCUT2D eigenvalue weighted by atomic mass is 9.93. The maximum Gasteiger partial charge on any atom is 0.264 e. The van der Waals surface area contributed by atoms with Gasteiger partial charge in [-0.15, -0.1) is 0 Å². The Morgan fingerprint density at radius 2 is 1.77 bits per heavy atom. The van der Waals surface area contributed by atoms with Gasteiger partial charge in [0.1, 0.15) is 6.04 Å². The molecule has 8 nitrogen and oxygen atoms in total. The first-order valence-electron chi connectivity index (χ1n) is 10.6. The van der Waals surface area contributed by atoms with Gasteiger partial charge in [-0.25, -0.2) is 0 Å². The summed E-state index contributed by atoms with van der Waals surface area (Å²) in [6.07, 6.45) is 0.231. The van der Waals surface area contributed by atoms with Crippen molar-refractivity contribution < 1.29 is 23.9 Å². The third-order valence-electron chi connectivity index (χ3n) is 5.25. The lowest BCUT2D eigenvalue weighted by Crippen LogP contribution is -2.54. The highest BCUT2D eigenvalue weighted by Crippen LogP contribution is 2.33. The van der Waals surface area contributed by atoms with Crippen LogP contribution >= 0.6 is 0 Å². The molecule has 8 heteroatoms. The van der Waals surface area contributed by atoms with E-state index in [4.69, 9.17) is 4.74 Å². The minimum atomic E-state index is -0.972. The minimum Gasteiger partial charge on any atom is -0.384 e. The highest BCUT2D eigenvalue weighted by atomic mass is 16.5. The second kappa shape index (κ2) is 8.42. The van der Waals surface area contributed by atoms with Gasteiger partial charge in [-0.05, 0) is 24.0 Å². The molecule has 4 amide bonds. The molecular weight excluding hydrogens is 398 g/mol. The Hall–Kier alpha value is -2.74. The van der Waals surface area contributed by atoms with Gasteiger partial charge in [0, 0.05) is 24.1 Å². The number of imide groups is 2. The number of hydrogen-bond acceptors (Lipinski definition) is 6. The maximum atomic E-state index is 13.1. The first-order chi connectivity index (χ1) is 14.4.